The monoisotopic (exact) mass is 264 g/mol. The van der Waals surface area contributed by atoms with Crippen LogP contribution in [-0.4, -0.2) is 0 Å². The fourth-order valence-electron chi connectivity index (χ4n) is 1.46. The zero-order chi connectivity index (χ0) is 8.72. The molecule has 1 aliphatic rings. The number of hydrogen-bond acceptors (Lipinski definition) is 1. The number of alkyl halides is 1. The van der Waals surface area contributed by atoms with Gasteiger partial charge in [0, 0.05) is 9.35 Å². The zero-order valence-electron chi connectivity index (χ0n) is 6.76. The molecule has 0 spiro atoms. The van der Waals surface area contributed by atoms with Crippen LogP contribution in [-0.2, 0) is 0 Å². The van der Waals surface area contributed by atoms with Gasteiger partial charge in [-0.05, 0) is 45.6 Å². The summed E-state index contributed by atoms with van der Waals surface area (Å²) in [5, 5.41) is 2.32. The van der Waals surface area contributed by atoms with Gasteiger partial charge in [0.25, 0.3) is 0 Å². The number of thiophene rings is 1. The maximum atomic E-state index is 6.33. The predicted octanol–water partition coefficient (Wildman–Crippen LogP) is 4.45. The Hall–Kier alpha value is 0.470. The van der Waals surface area contributed by atoms with Crippen LogP contribution in [0.15, 0.2) is 15.9 Å². The average Bonchev–Trinajstić information content (AvgIpc) is 2.59. The minimum Gasteiger partial charge on any atom is -0.146 e. The molecule has 1 saturated carbocycles. The molecule has 3 heteroatoms. The van der Waals surface area contributed by atoms with Crippen molar-refractivity contribution in [2.75, 3.05) is 0 Å². The second kappa shape index (κ2) is 3.32. The lowest BCUT2D eigenvalue weighted by molar-refractivity contribution is 0.729. The molecule has 0 saturated heterocycles. The van der Waals surface area contributed by atoms with Crippen molar-refractivity contribution in [3.05, 3.63) is 20.8 Å². The van der Waals surface area contributed by atoms with Crippen LogP contribution in [0.2, 0.25) is 0 Å². The minimum absolute atomic E-state index is 0.231. The first kappa shape index (κ1) is 9.04. The molecule has 0 aliphatic heterocycles. The van der Waals surface area contributed by atoms with Gasteiger partial charge in [0.15, 0.2) is 0 Å². The van der Waals surface area contributed by atoms with Crippen LogP contribution in [0.1, 0.15) is 23.6 Å². The summed E-state index contributed by atoms with van der Waals surface area (Å²) in [7, 11) is 0. The normalized spacial score (nSPS) is 30.2. The minimum atomic E-state index is 0.231. The van der Waals surface area contributed by atoms with E-state index in [9.17, 15) is 0 Å². The standard InChI is InChI=1S/C9H10BrClS/c1-5-4-6(5)8(11)9-7(10)2-3-12-9/h2-3,5-6,8H,4H2,1H3. The predicted molar refractivity (Wildman–Crippen MR) is 57.9 cm³/mol. The van der Waals surface area contributed by atoms with E-state index in [-0.39, 0.29) is 5.38 Å². The van der Waals surface area contributed by atoms with Gasteiger partial charge in [-0.15, -0.1) is 22.9 Å². The molecule has 0 bridgehead atoms. The summed E-state index contributed by atoms with van der Waals surface area (Å²) in [5.41, 5.74) is 0. The van der Waals surface area contributed by atoms with Gasteiger partial charge >= 0.3 is 0 Å². The highest BCUT2D eigenvalue weighted by Crippen LogP contribution is 2.52. The Kier molecular flexibility index (Phi) is 2.50. The molecule has 1 fully saturated rings. The van der Waals surface area contributed by atoms with Gasteiger partial charge in [-0.2, -0.15) is 0 Å². The second-order valence-electron chi connectivity index (χ2n) is 3.41. The van der Waals surface area contributed by atoms with Crippen molar-refractivity contribution >= 4 is 38.9 Å². The van der Waals surface area contributed by atoms with E-state index in [2.05, 4.69) is 34.3 Å². The molecule has 0 N–H and O–H groups in total. The summed E-state index contributed by atoms with van der Waals surface area (Å²) in [6.45, 7) is 2.27. The van der Waals surface area contributed by atoms with Crippen LogP contribution >= 0.6 is 38.9 Å². The first-order chi connectivity index (χ1) is 5.70. The van der Waals surface area contributed by atoms with E-state index < -0.39 is 0 Å². The zero-order valence-corrected chi connectivity index (χ0v) is 9.92. The molecular weight excluding hydrogens is 256 g/mol. The molecule has 12 heavy (non-hydrogen) atoms. The Morgan fingerprint density at radius 1 is 1.75 bits per heavy atom. The molecule has 3 unspecified atom stereocenters. The molecule has 0 radical (unpaired) electrons. The molecule has 1 heterocycles. The van der Waals surface area contributed by atoms with Gasteiger partial charge in [0.05, 0.1) is 5.38 Å². The van der Waals surface area contributed by atoms with E-state index in [0.29, 0.717) is 5.92 Å². The van der Waals surface area contributed by atoms with Crippen LogP contribution in [0.3, 0.4) is 0 Å². The number of halogens is 2. The Bertz CT molecular complexity index is 284. The van der Waals surface area contributed by atoms with Crippen molar-refractivity contribution in [3.63, 3.8) is 0 Å². The van der Waals surface area contributed by atoms with E-state index in [4.69, 9.17) is 11.6 Å². The Balaban J connectivity index is 2.14. The van der Waals surface area contributed by atoms with Crippen LogP contribution in [0.4, 0.5) is 0 Å². The first-order valence-corrected chi connectivity index (χ1v) is 6.18. The SMILES string of the molecule is CC1CC1C(Cl)c1sccc1Br. The highest BCUT2D eigenvalue weighted by atomic mass is 79.9. The lowest BCUT2D eigenvalue weighted by Crippen LogP contribution is -1.91. The third kappa shape index (κ3) is 1.57. The van der Waals surface area contributed by atoms with Gasteiger partial charge in [-0.3, -0.25) is 0 Å². The summed E-state index contributed by atoms with van der Waals surface area (Å²) < 4.78 is 1.17. The van der Waals surface area contributed by atoms with Crippen molar-refractivity contribution in [2.45, 2.75) is 18.7 Å². The molecule has 0 aromatic carbocycles. The number of hydrogen-bond donors (Lipinski definition) is 0. The highest BCUT2D eigenvalue weighted by molar-refractivity contribution is 9.10. The Morgan fingerprint density at radius 2 is 2.42 bits per heavy atom. The van der Waals surface area contributed by atoms with Gasteiger partial charge in [-0.1, -0.05) is 6.92 Å². The van der Waals surface area contributed by atoms with Gasteiger partial charge < -0.3 is 0 Å². The summed E-state index contributed by atoms with van der Waals surface area (Å²) >= 11 is 11.6. The lowest BCUT2D eigenvalue weighted by Gasteiger charge is -2.05. The van der Waals surface area contributed by atoms with Gasteiger partial charge in [-0.25, -0.2) is 0 Å². The van der Waals surface area contributed by atoms with Crippen LogP contribution < -0.4 is 0 Å². The van der Waals surface area contributed by atoms with E-state index in [0.717, 1.165) is 5.92 Å². The van der Waals surface area contributed by atoms with Crippen LogP contribution in [0.5, 0.6) is 0 Å². The van der Waals surface area contributed by atoms with Gasteiger partial charge in [0.2, 0.25) is 0 Å². The van der Waals surface area contributed by atoms with Crippen molar-refractivity contribution in [1.29, 1.82) is 0 Å². The van der Waals surface area contributed by atoms with Crippen molar-refractivity contribution < 1.29 is 0 Å². The molecule has 66 valence electrons. The fraction of sp³-hybridized carbons (Fsp3) is 0.556. The van der Waals surface area contributed by atoms with Crippen molar-refractivity contribution in [1.82, 2.24) is 0 Å². The summed E-state index contributed by atoms with van der Waals surface area (Å²) in [5.74, 6) is 1.53. The molecule has 1 aromatic heterocycles. The summed E-state index contributed by atoms with van der Waals surface area (Å²) in [4.78, 5) is 1.30. The molecule has 2 rings (SSSR count). The number of rotatable bonds is 2. The lowest BCUT2D eigenvalue weighted by atomic mass is 10.2. The maximum absolute atomic E-state index is 6.33. The van der Waals surface area contributed by atoms with E-state index in [1.54, 1.807) is 11.3 Å². The van der Waals surface area contributed by atoms with Crippen LogP contribution in [0.25, 0.3) is 0 Å². The molecule has 0 nitrogen and oxygen atoms in total. The first-order valence-electron chi connectivity index (χ1n) is 4.07. The van der Waals surface area contributed by atoms with Crippen LogP contribution in [0, 0.1) is 11.8 Å². The largest absolute Gasteiger partial charge is 0.146 e. The maximum Gasteiger partial charge on any atom is 0.0720 e. The second-order valence-corrected chi connectivity index (χ2v) is 5.68. The topological polar surface area (TPSA) is 0 Å². The summed E-state index contributed by atoms with van der Waals surface area (Å²) in [6, 6.07) is 2.07. The highest BCUT2D eigenvalue weighted by Gasteiger charge is 2.40. The Morgan fingerprint density at radius 3 is 2.83 bits per heavy atom. The third-order valence-corrected chi connectivity index (χ3v) is 5.07. The Labute approximate surface area is 90.1 Å². The van der Waals surface area contributed by atoms with E-state index in [1.165, 1.54) is 15.8 Å². The average molecular weight is 266 g/mol. The molecule has 3 atom stereocenters. The molecular formula is C9H10BrClS. The fourth-order valence-corrected chi connectivity index (χ4v) is 3.88. The molecule has 1 aliphatic carbocycles. The third-order valence-electron chi connectivity index (χ3n) is 2.44. The van der Waals surface area contributed by atoms with Gasteiger partial charge in [0.1, 0.15) is 0 Å². The van der Waals surface area contributed by atoms with Crippen molar-refractivity contribution in [2.24, 2.45) is 11.8 Å². The molecule has 0 amide bonds. The van der Waals surface area contributed by atoms with E-state index in [1.807, 2.05) is 0 Å². The van der Waals surface area contributed by atoms with E-state index >= 15 is 0 Å². The summed E-state index contributed by atoms with van der Waals surface area (Å²) in [6.07, 6.45) is 1.29. The molecule has 1 aromatic rings. The quantitative estimate of drug-likeness (QED) is 0.693. The smallest absolute Gasteiger partial charge is 0.0720 e. The van der Waals surface area contributed by atoms with Crippen molar-refractivity contribution in [3.8, 4) is 0 Å².